The number of hydrogen-bond donors (Lipinski definition) is 1. The highest BCUT2D eigenvalue weighted by molar-refractivity contribution is 5.94. The first-order chi connectivity index (χ1) is 12.6. The van der Waals surface area contributed by atoms with Gasteiger partial charge >= 0.3 is 0 Å². The van der Waals surface area contributed by atoms with E-state index in [9.17, 15) is 9.59 Å². The summed E-state index contributed by atoms with van der Waals surface area (Å²) in [6.45, 7) is 4.50. The van der Waals surface area contributed by atoms with Gasteiger partial charge in [-0.25, -0.2) is 0 Å². The second kappa shape index (κ2) is 8.35. The quantitative estimate of drug-likeness (QED) is 0.886. The zero-order chi connectivity index (χ0) is 18.5. The van der Waals surface area contributed by atoms with E-state index in [1.165, 1.54) is 12.0 Å². The van der Waals surface area contributed by atoms with Crippen molar-refractivity contribution in [1.82, 2.24) is 9.88 Å². The Morgan fingerprint density at radius 3 is 2.50 bits per heavy atom. The Hall–Kier alpha value is -2.36. The number of carbonyl (C=O) groups is 1. The molecule has 1 heterocycles. The smallest absolute Gasteiger partial charge is 0.263 e. The van der Waals surface area contributed by atoms with Crippen molar-refractivity contribution in [1.29, 1.82) is 0 Å². The first-order valence-electron chi connectivity index (χ1n) is 9.63. The molecule has 0 bridgehead atoms. The third-order valence-electron chi connectivity index (χ3n) is 5.47. The molecule has 4 nitrogen and oxygen atoms in total. The number of carbonyl (C=O) groups excluding carboxylic acids is 1. The van der Waals surface area contributed by atoms with Crippen LogP contribution in [0.1, 0.15) is 65.3 Å². The second-order valence-electron chi connectivity index (χ2n) is 7.28. The van der Waals surface area contributed by atoms with Crippen LogP contribution in [0.15, 0.2) is 41.2 Å². The summed E-state index contributed by atoms with van der Waals surface area (Å²) in [5.41, 5.74) is 3.29. The van der Waals surface area contributed by atoms with Crippen LogP contribution in [0.5, 0.6) is 0 Å². The van der Waals surface area contributed by atoms with Crippen LogP contribution in [0, 0.1) is 13.8 Å². The molecule has 1 aromatic carbocycles. The van der Waals surface area contributed by atoms with Gasteiger partial charge in [-0.05, 0) is 50.3 Å². The fourth-order valence-electron chi connectivity index (χ4n) is 3.86. The fourth-order valence-corrected chi connectivity index (χ4v) is 3.86. The highest BCUT2D eigenvalue weighted by Crippen LogP contribution is 2.28. The highest BCUT2D eigenvalue weighted by Gasteiger charge is 2.22. The second-order valence-corrected chi connectivity index (χ2v) is 7.28. The molecule has 1 aromatic heterocycles. The van der Waals surface area contributed by atoms with Crippen molar-refractivity contribution in [3.8, 4) is 0 Å². The molecule has 2 aromatic rings. The van der Waals surface area contributed by atoms with Crippen molar-refractivity contribution in [2.45, 2.75) is 58.4 Å². The van der Waals surface area contributed by atoms with Gasteiger partial charge in [-0.1, -0.05) is 49.6 Å². The van der Waals surface area contributed by atoms with E-state index < -0.39 is 0 Å². The van der Waals surface area contributed by atoms with Gasteiger partial charge in [0.25, 0.3) is 11.5 Å². The molecule has 1 N–H and O–H groups in total. The molecule has 1 fully saturated rings. The topological polar surface area (TPSA) is 51.1 Å². The van der Waals surface area contributed by atoms with E-state index in [1.807, 2.05) is 48.7 Å². The number of aromatic nitrogens is 1. The van der Waals surface area contributed by atoms with Gasteiger partial charge in [0.1, 0.15) is 5.56 Å². The standard InChI is InChI=1S/C22H28N2O2/c1-16-15-20(21(25)23-14-13-18-9-5-3-6-10-18)22(26)24(17(16)2)19-11-7-4-8-12-19/h3,5-6,9-10,15,19H,4,7-8,11-14H2,1-2H3,(H,23,25). The summed E-state index contributed by atoms with van der Waals surface area (Å²) in [7, 11) is 0. The molecular formula is C22H28N2O2. The van der Waals surface area contributed by atoms with Gasteiger partial charge in [0.05, 0.1) is 0 Å². The number of nitrogens with one attached hydrogen (secondary N) is 1. The third-order valence-corrected chi connectivity index (χ3v) is 5.47. The normalized spacial score (nSPS) is 15.0. The van der Waals surface area contributed by atoms with Gasteiger partial charge in [0, 0.05) is 18.3 Å². The predicted octanol–water partition coefficient (Wildman–Crippen LogP) is 3.94. The number of hydrogen-bond acceptors (Lipinski definition) is 2. The molecule has 0 unspecified atom stereocenters. The van der Waals surface area contributed by atoms with E-state index in [4.69, 9.17) is 0 Å². The SMILES string of the molecule is Cc1cc(C(=O)NCCc2ccccc2)c(=O)n(C2CCCCC2)c1C. The lowest BCUT2D eigenvalue weighted by Gasteiger charge is -2.27. The van der Waals surface area contributed by atoms with Gasteiger partial charge in [-0.15, -0.1) is 0 Å². The third kappa shape index (κ3) is 4.06. The number of nitrogens with zero attached hydrogens (tertiary/aromatic N) is 1. The summed E-state index contributed by atoms with van der Waals surface area (Å²) in [5.74, 6) is -0.265. The number of pyridine rings is 1. The van der Waals surface area contributed by atoms with E-state index >= 15 is 0 Å². The Kier molecular flexibility index (Phi) is 5.92. The van der Waals surface area contributed by atoms with E-state index in [2.05, 4.69) is 5.32 Å². The molecule has 0 radical (unpaired) electrons. The van der Waals surface area contributed by atoms with Gasteiger partial charge in [-0.3, -0.25) is 9.59 Å². The van der Waals surface area contributed by atoms with Crippen molar-refractivity contribution in [2.24, 2.45) is 0 Å². The van der Waals surface area contributed by atoms with Crippen LogP contribution in [-0.4, -0.2) is 17.0 Å². The molecule has 1 amide bonds. The zero-order valence-corrected chi connectivity index (χ0v) is 15.8. The van der Waals surface area contributed by atoms with Crippen LogP contribution >= 0.6 is 0 Å². The summed E-state index contributed by atoms with van der Waals surface area (Å²) >= 11 is 0. The molecule has 0 saturated heterocycles. The van der Waals surface area contributed by atoms with Gasteiger partial charge < -0.3 is 9.88 Å². The summed E-state index contributed by atoms with van der Waals surface area (Å²) in [6, 6.07) is 12.0. The maximum absolute atomic E-state index is 13.0. The Labute approximate surface area is 155 Å². The predicted molar refractivity (Wildman–Crippen MR) is 105 cm³/mol. The van der Waals surface area contributed by atoms with Crippen molar-refractivity contribution in [3.63, 3.8) is 0 Å². The van der Waals surface area contributed by atoms with Crippen LogP contribution in [-0.2, 0) is 6.42 Å². The first kappa shape index (κ1) is 18.4. The molecule has 4 heteroatoms. The van der Waals surface area contributed by atoms with Gasteiger partial charge in [0.2, 0.25) is 0 Å². The van der Waals surface area contributed by atoms with E-state index in [0.717, 1.165) is 43.4 Å². The fraction of sp³-hybridized carbons (Fsp3) is 0.455. The van der Waals surface area contributed by atoms with E-state index in [0.29, 0.717) is 6.54 Å². The summed E-state index contributed by atoms with van der Waals surface area (Å²) < 4.78 is 1.88. The first-order valence-corrected chi connectivity index (χ1v) is 9.63. The molecule has 0 aliphatic heterocycles. The minimum Gasteiger partial charge on any atom is -0.352 e. The van der Waals surface area contributed by atoms with Crippen molar-refractivity contribution >= 4 is 5.91 Å². The number of benzene rings is 1. The molecular weight excluding hydrogens is 324 g/mol. The average molecular weight is 352 g/mol. The molecule has 1 aliphatic carbocycles. The van der Waals surface area contributed by atoms with Crippen LogP contribution in [0.3, 0.4) is 0 Å². The summed E-state index contributed by atoms with van der Waals surface area (Å²) in [6.07, 6.45) is 6.36. The monoisotopic (exact) mass is 352 g/mol. The highest BCUT2D eigenvalue weighted by atomic mass is 16.2. The van der Waals surface area contributed by atoms with Crippen LogP contribution < -0.4 is 10.9 Å². The van der Waals surface area contributed by atoms with Crippen LogP contribution in [0.4, 0.5) is 0 Å². The lowest BCUT2D eigenvalue weighted by atomic mass is 9.94. The molecule has 1 aliphatic rings. The largest absolute Gasteiger partial charge is 0.352 e. The van der Waals surface area contributed by atoms with Crippen LogP contribution in [0.2, 0.25) is 0 Å². The van der Waals surface area contributed by atoms with E-state index in [-0.39, 0.29) is 23.1 Å². The van der Waals surface area contributed by atoms with Crippen molar-refractivity contribution in [3.05, 3.63) is 69.1 Å². The van der Waals surface area contributed by atoms with Crippen LogP contribution in [0.25, 0.3) is 0 Å². The number of aryl methyl sites for hydroxylation is 1. The summed E-state index contributed by atoms with van der Waals surface area (Å²) in [4.78, 5) is 25.6. The Morgan fingerprint density at radius 2 is 1.81 bits per heavy atom. The Bertz CT molecular complexity index is 818. The van der Waals surface area contributed by atoms with Gasteiger partial charge in [0.15, 0.2) is 0 Å². The molecule has 3 rings (SSSR count). The molecule has 1 saturated carbocycles. The van der Waals surface area contributed by atoms with Crippen molar-refractivity contribution in [2.75, 3.05) is 6.54 Å². The molecule has 0 spiro atoms. The van der Waals surface area contributed by atoms with E-state index in [1.54, 1.807) is 6.07 Å². The maximum Gasteiger partial charge on any atom is 0.263 e. The number of amides is 1. The lowest BCUT2D eigenvalue weighted by molar-refractivity contribution is 0.0951. The number of rotatable bonds is 5. The molecule has 0 atom stereocenters. The van der Waals surface area contributed by atoms with Gasteiger partial charge in [-0.2, -0.15) is 0 Å². The Balaban J connectivity index is 1.77. The minimum absolute atomic E-state index is 0.141. The molecule has 138 valence electrons. The van der Waals surface area contributed by atoms with Crippen molar-refractivity contribution < 1.29 is 4.79 Å². The Morgan fingerprint density at radius 1 is 1.12 bits per heavy atom. The average Bonchev–Trinajstić information content (AvgIpc) is 2.66. The zero-order valence-electron chi connectivity index (χ0n) is 15.8. The lowest BCUT2D eigenvalue weighted by Crippen LogP contribution is -2.37. The molecule has 26 heavy (non-hydrogen) atoms. The maximum atomic E-state index is 13.0. The summed E-state index contributed by atoms with van der Waals surface area (Å²) in [5, 5.41) is 2.91. The minimum atomic E-state index is -0.265.